The minimum atomic E-state index is -5.06. The Kier molecular flexibility index (Phi) is 4.97. The molecule has 0 spiro atoms. The van der Waals surface area contributed by atoms with Crippen molar-refractivity contribution in [2.24, 2.45) is 0 Å². The maximum absolute atomic E-state index is 12.8. The van der Waals surface area contributed by atoms with Crippen molar-refractivity contribution in [2.75, 3.05) is 6.66 Å². The van der Waals surface area contributed by atoms with Crippen LogP contribution in [0.4, 0.5) is 13.2 Å². The quantitative estimate of drug-likeness (QED) is 0.623. The second-order valence-corrected chi connectivity index (χ2v) is 6.93. The Bertz CT molecular complexity index is 473. The van der Waals surface area contributed by atoms with Crippen molar-refractivity contribution in [3.05, 3.63) is 35.9 Å². The molecule has 0 heterocycles. The molecule has 0 radical (unpaired) electrons. The second kappa shape index (κ2) is 5.62. The standard InChI is InChI=1S/C10H10Cl2F3O3P/c1-19(16,17)18-8(7-5-3-2-4-6-7)9(11,12)10(13,14)15/h2-6,8H,1H3,(H,16,17)/p-1/t8-/m1/s1. The SMILES string of the molecule is CP(=O)([O-])O[C@H](c1ccccc1)C(Cl)(Cl)C(F)(F)F. The summed E-state index contributed by atoms with van der Waals surface area (Å²) in [5, 5.41) is 0. The van der Waals surface area contributed by atoms with E-state index in [-0.39, 0.29) is 5.56 Å². The first-order valence-electron chi connectivity index (χ1n) is 4.91. The van der Waals surface area contributed by atoms with Crippen molar-refractivity contribution in [2.45, 2.75) is 16.6 Å². The van der Waals surface area contributed by atoms with Gasteiger partial charge in [-0.1, -0.05) is 53.5 Å². The molecule has 3 nitrogen and oxygen atoms in total. The zero-order valence-corrected chi connectivity index (χ0v) is 11.9. The van der Waals surface area contributed by atoms with E-state index in [9.17, 15) is 22.6 Å². The maximum Gasteiger partial charge on any atom is 0.424 e. The van der Waals surface area contributed by atoms with Crippen LogP contribution in [0.2, 0.25) is 0 Å². The fourth-order valence-electron chi connectivity index (χ4n) is 1.30. The number of alkyl halides is 5. The Morgan fingerprint density at radius 1 is 1.26 bits per heavy atom. The fourth-order valence-corrected chi connectivity index (χ4v) is 2.43. The topological polar surface area (TPSA) is 49.4 Å². The van der Waals surface area contributed by atoms with E-state index >= 15 is 0 Å². The van der Waals surface area contributed by atoms with Gasteiger partial charge < -0.3 is 14.0 Å². The highest BCUT2D eigenvalue weighted by Crippen LogP contribution is 2.54. The van der Waals surface area contributed by atoms with E-state index < -0.39 is 24.2 Å². The molecule has 1 aromatic rings. The molecular formula is C10H9Cl2F3O3P-. The number of hydrogen-bond donors (Lipinski definition) is 0. The predicted molar refractivity (Wildman–Crippen MR) is 64.3 cm³/mol. The molecule has 0 N–H and O–H groups in total. The largest absolute Gasteiger partial charge is 0.779 e. The van der Waals surface area contributed by atoms with E-state index in [1.165, 1.54) is 24.3 Å². The van der Waals surface area contributed by atoms with Gasteiger partial charge in [-0.15, -0.1) is 0 Å². The van der Waals surface area contributed by atoms with Crippen LogP contribution >= 0.6 is 30.8 Å². The van der Waals surface area contributed by atoms with Crippen molar-refractivity contribution in [3.63, 3.8) is 0 Å². The van der Waals surface area contributed by atoms with Crippen LogP contribution in [0, 0.1) is 0 Å². The Balaban J connectivity index is 3.25. The molecule has 0 fully saturated rings. The van der Waals surface area contributed by atoms with Gasteiger partial charge in [0.15, 0.2) is 0 Å². The van der Waals surface area contributed by atoms with Crippen LogP contribution in [-0.4, -0.2) is 17.2 Å². The van der Waals surface area contributed by atoms with Crippen LogP contribution in [0.25, 0.3) is 0 Å². The molecule has 0 aliphatic rings. The van der Waals surface area contributed by atoms with Crippen molar-refractivity contribution < 1.29 is 27.2 Å². The third-order valence-corrected chi connectivity index (χ3v) is 3.53. The Morgan fingerprint density at radius 3 is 2.11 bits per heavy atom. The lowest BCUT2D eigenvalue weighted by atomic mass is 10.1. The number of rotatable bonds is 4. The summed E-state index contributed by atoms with van der Waals surface area (Å²) < 4.78 is 50.6. The lowest BCUT2D eigenvalue weighted by Gasteiger charge is -2.35. The summed E-state index contributed by atoms with van der Waals surface area (Å²) in [6.07, 6.45) is -7.14. The van der Waals surface area contributed by atoms with Gasteiger partial charge in [0, 0.05) is 6.66 Å². The average Bonchev–Trinajstić information content (AvgIpc) is 2.24. The molecule has 0 aliphatic carbocycles. The van der Waals surface area contributed by atoms with Gasteiger partial charge in [0.25, 0.3) is 0 Å². The molecule has 1 aromatic carbocycles. The lowest BCUT2D eigenvalue weighted by molar-refractivity contribution is -0.209. The van der Waals surface area contributed by atoms with Crippen LogP contribution in [-0.2, 0) is 9.09 Å². The number of halogens is 5. The molecule has 1 unspecified atom stereocenters. The van der Waals surface area contributed by atoms with Gasteiger partial charge in [-0.25, -0.2) is 0 Å². The first kappa shape index (κ1) is 16.8. The summed E-state index contributed by atoms with van der Waals surface area (Å²) in [4.78, 5) is 11.1. The van der Waals surface area contributed by atoms with Crippen LogP contribution < -0.4 is 4.89 Å². The van der Waals surface area contributed by atoms with E-state index in [1.54, 1.807) is 6.07 Å². The first-order valence-corrected chi connectivity index (χ1v) is 7.66. The summed E-state index contributed by atoms with van der Waals surface area (Å²) in [6, 6.07) is 6.85. The lowest BCUT2D eigenvalue weighted by Crippen LogP contribution is -2.41. The summed E-state index contributed by atoms with van der Waals surface area (Å²) in [5.41, 5.74) is -0.0947. The molecule has 108 valence electrons. The second-order valence-electron chi connectivity index (χ2n) is 3.79. The number of hydrogen-bond acceptors (Lipinski definition) is 3. The summed E-state index contributed by atoms with van der Waals surface area (Å²) >= 11 is 10.5. The monoisotopic (exact) mass is 335 g/mol. The van der Waals surface area contributed by atoms with E-state index in [2.05, 4.69) is 4.52 Å². The van der Waals surface area contributed by atoms with Gasteiger partial charge in [0.1, 0.15) is 13.7 Å². The number of benzene rings is 1. The zero-order valence-electron chi connectivity index (χ0n) is 9.53. The minimum absolute atomic E-state index is 0.0947. The van der Waals surface area contributed by atoms with Crippen LogP contribution in [0.1, 0.15) is 11.7 Å². The van der Waals surface area contributed by atoms with Crippen LogP contribution in [0.3, 0.4) is 0 Å². The zero-order chi connectivity index (χ0) is 14.9. The third-order valence-electron chi connectivity index (χ3n) is 2.11. The molecule has 2 atom stereocenters. The van der Waals surface area contributed by atoms with E-state index in [0.717, 1.165) is 0 Å². The first-order chi connectivity index (χ1) is 8.45. The highest BCUT2D eigenvalue weighted by Gasteiger charge is 2.59. The normalized spacial score (nSPS) is 17.8. The smallest absolute Gasteiger partial charge is 0.424 e. The predicted octanol–water partition coefficient (Wildman–Crippen LogP) is 3.66. The van der Waals surface area contributed by atoms with Gasteiger partial charge in [0.05, 0.1) is 0 Å². The molecule has 9 heteroatoms. The molecule has 1 rings (SSSR count). The van der Waals surface area contributed by atoms with Crippen molar-refractivity contribution in [1.29, 1.82) is 0 Å². The molecule has 0 bridgehead atoms. The highest BCUT2D eigenvalue weighted by molar-refractivity contribution is 7.50. The van der Waals surface area contributed by atoms with Gasteiger partial charge in [-0.2, -0.15) is 13.2 Å². The molecule has 0 amide bonds. The molecular weight excluding hydrogens is 327 g/mol. The average molecular weight is 336 g/mol. The third kappa shape index (κ3) is 4.36. The van der Waals surface area contributed by atoms with Crippen LogP contribution in [0.15, 0.2) is 30.3 Å². The van der Waals surface area contributed by atoms with Gasteiger partial charge in [-0.05, 0) is 5.56 Å². The Labute approximate surface area is 117 Å². The molecule has 0 saturated heterocycles. The van der Waals surface area contributed by atoms with Crippen molar-refractivity contribution >= 4 is 30.8 Å². The van der Waals surface area contributed by atoms with E-state index in [4.69, 9.17) is 23.2 Å². The van der Waals surface area contributed by atoms with Gasteiger partial charge in [-0.3, -0.25) is 0 Å². The summed E-state index contributed by atoms with van der Waals surface area (Å²) in [5.74, 6) is 0. The van der Waals surface area contributed by atoms with E-state index in [1.807, 2.05) is 0 Å². The van der Waals surface area contributed by atoms with Crippen molar-refractivity contribution in [3.8, 4) is 0 Å². The summed E-state index contributed by atoms with van der Waals surface area (Å²) in [7, 11) is -4.47. The molecule has 0 saturated carbocycles. The molecule has 0 aliphatic heterocycles. The van der Waals surface area contributed by atoms with Crippen molar-refractivity contribution in [1.82, 2.24) is 0 Å². The molecule has 19 heavy (non-hydrogen) atoms. The van der Waals surface area contributed by atoms with Crippen LogP contribution in [0.5, 0.6) is 0 Å². The minimum Gasteiger partial charge on any atom is -0.779 e. The van der Waals surface area contributed by atoms with Gasteiger partial charge >= 0.3 is 6.18 Å². The van der Waals surface area contributed by atoms with Gasteiger partial charge in [0.2, 0.25) is 4.33 Å². The molecule has 0 aromatic heterocycles. The maximum atomic E-state index is 12.8. The highest BCUT2D eigenvalue weighted by atomic mass is 35.5. The fraction of sp³-hybridized carbons (Fsp3) is 0.400. The Hall–Kier alpha value is -0.260. The Morgan fingerprint density at radius 2 is 1.74 bits per heavy atom. The van der Waals surface area contributed by atoms with E-state index in [0.29, 0.717) is 6.66 Å². The summed E-state index contributed by atoms with van der Waals surface area (Å²) in [6.45, 7) is 0.642.